The maximum atomic E-state index is 13.0. The molecule has 2 rings (SSSR count). The molecule has 1 atom stereocenters. The summed E-state index contributed by atoms with van der Waals surface area (Å²) in [5.41, 5.74) is 1.63. The van der Waals surface area contributed by atoms with E-state index in [9.17, 15) is 9.18 Å². The van der Waals surface area contributed by atoms with Crippen LogP contribution < -0.4 is 4.90 Å². The summed E-state index contributed by atoms with van der Waals surface area (Å²) < 4.78 is 13.0. The summed E-state index contributed by atoms with van der Waals surface area (Å²) in [4.78, 5) is 17.6. The van der Waals surface area contributed by atoms with Gasteiger partial charge in [-0.2, -0.15) is 0 Å². The van der Waals surface area contributed by atoms with Gasteiger partial charge in [-0.1, -0.05) is 13.8 Å². The number of carboxylic acids is 1. The van der Waals surface area contributed by atoms with E-state index in [1.165, 1.54) is 23.5 Å². The van der Waals surface area contributed by atoms with E-state index in [-0.39, 0.29) is 5.82 Å². The first kappa shape index (κ1) is 16.4. The van der Waals surface area contributed by atoms with E-state index >= 15 is 0 Å². The molecule has 1 heterocycles. The Labute approximate surface area is 133 Å². The molecule has 0 saturated carbocycles. The van der Waals surface area contributed by atoms with Crippen LogP contribution >= 0.6 is 11.3 Å². The Bertz CT molecular complexity index is 627. The van der Waals surface area contributed by atoms with E-state index in [4.69, 9.17) is 5.11 Å². The molecule has 2 aromatic rings. The predicted molar refractivity (Wildman–Crippen MR) is 86.8 cm³/mol. The van der Waals surface area contributed by atoms with Gasteiger partial charge in [0.25, 0.3) is 0 Å². The van der Waals surface area contributed by atoms with Gasteiger partial charge >= 0.3 is 5.97 Å². The zero-order valence-electron chi connectivity index (χ0n) is 12.6. The molecule has 22 heavy (non-hydrogen) atoms. The highest BCUT2D eigenvalue weighted by Crippen LogP contribution is 2.28. The molecule has 4 nitrogen and oxygen atoms in total. The number of benzene rings is 1. The number of thiazole rings is 1. The van der Waals surface area contributed by atoms with E-state index in [1.54, 1.807) is 19.1 Å². The van der Waals surface area contributed by atoms with Gasteiger partial charge in [-0.05, 0) is 30.7 Å². The quantitative estimate of drug-likeness (QED) is 0.840. The molecule has 1 unspecified atom stereocenters. The minimum Gasteiger partial charge on any atom is -0.481 e. The second-order valence-corrected chi connectivity index (χ2v) is 6.04. The lowest BCUT2D eigenvalue weighted by atomic mass is 10.1. The molecule has 0 spiro atoms. The molecule has 1 aromatic carbocycles. The fourth-order valence-corrected chi connectivity index (χ4v) is 2.98. The standard InChI is InChI=1S/C16H19FN2O2S/c1-3-8-19(9-11(2)15(20)21)16-18-14(10-22-16)12-4-6-13(17)7-5-12/h4-7,10-11H,3,8-9H2,1-2H3,(H,20,21). The van der Waals surface area contributed by atoms with Crippen LogP contribution in [0.4, 0.5) is 9.52 Å². The molecule has 1 N–H and O–H groups in total. The van der Waals surface area contributed by atoms with Crippen molar-refractivity contribution in [3.05, 3.63) is 35.5 Å². The van der Waals surface area contributed by atoms with Crippen LogP contribution in [0.1, 0.15) is 20.3 Å². The Kier molecular flexibility index (Phi) is 5.49. The van der Waals surface area contributed by atoms with Gasteiger partial charge < -0.3 is 10.0 Å². The first-order chi connectivity index (χ1) is 10.5. The van der Waals surface area contributed by atoms with Crippen molar-refractivity contribution < 1.29 is 14.3 Å². The van der Waals surface area contributed by atoms with E-state index in [0.29, 0.717) is 6.54 Å². The highest BCUT2D eigenvalue weighted by Gasteiger charge is 2.18. The number of nitrogens with zero attached hydrogens (tertiary/aromatic N) is 2. The van der Waals surface area contributed by atoms with Crippen LogP contribution in [-0.2, 0) is 4.79 Å². The Morgan fingerprint density at radius 1 is 1.41 bits per heavy atom. The van der Waals surface area contributed by atoms with Gasteiger partial charge in [0.2, 0.25) is 0 Å². The third-order valence-electron chi connectivity index (χ3n) is 3.31. The fraction of sp³-hybridized carbons (Fsp3) is 0.375. The number of aliphatic carboxylic acids is 1. The SMILES string of the molecule is CCCN(CC(C)C(=O)O)c1nc(-c2ccc(F)cc2)cs1. The summed E-state index contributed by atoms with van der Waals surface area (Å²) in [7, 11) is 0. The van der Waals surface area contributed by atoms with E-state index in [1.807, 2.05) is 17.2 Å². The van der Waals surface area contributed by atoms with Gasteiger partial charge in [-0.25, -0.2) is 9.37 Å². The number of halogens is 1. The first-order valence-corrected chi connectivity index (χ1v) is 8.08. The van der Waals surface area contributed by atoms with Crippen LogP contribution in [0.3, 0.4) is 0 Å². The molecule has 118 valence electrons. The maximum absolute atomic E-state index is 13.0. The van der Waals surface area contributed by atoms with Crippen molar-refractivity contribution >= 4 is 22.4 Å². The molecular weight excluding hydrogens is 303 g/mol. The van der Waals surface area contributed by atoms with Gasteiger partial charge in [0.1, 0.15) is 5.82 Å². The molecule has 0 aliphatic heterocycles. The largest absolute Gasteiger partial charge is 0.481 e. The van der Waals surface area contributed by atoms with Crippen molar-refractivity contribution in [2.75, 3.05) is 18.0 Å². The summed E-state index contributed by atoms with van der Waals surface area (Å²) in [6.45, 7) is 4.93. The summed E-state index contributed by atoms with van der Waals surface area (Å²) in [5.74, 6) is -1.54. The third kappa shape index (κ3) is 4.04. The summed E-state index contributed by atoms with van der Waals surface area (Å²) >= 11 is 1.48. The second kappa shape index (κ2) is 7.35. The van der Waals surface area contributed by atoms with Gasteiger partial charge in [0.05, 0.1) is 11.6 Å². The van der Waals surface area contributed by atoms with Crippen molar-refractivity contribution in [1.82, 2.24) is 4.98 Å². The van der Waals surface area contributed by atoms with Crippen LogP contribution in [0.5, 0.6) is 0 Å². The van der Waals surface area contributed by atoms with Crippen LogP contribution in [0.25, 0.3) is 11.3 Å². The first-order valence-electron chi connectivity index (χ1n) is 7.20. The van der Waals surface area contributed by atoms with E-state index < -0.39 is 11.9 Å². The van der Waals surface area contributed by atoms with E-state index in [2.05, 4.69) is 4.98 Å². The van der Waals surface area contributed by atoms with Gasteiger partial charge in [-0.3, -0.25) is 4.79 Å². The second-order valence-electron chi connectivity index (χ2n) is 5.21. The zero-order chi connectivity index (χ0) is 16.1. The Morgan fingerprint density at radius 2 is 2.09 bits per heavy atom. The van der Waals surface area contributed by atoms with Crippen molar-refractivity contribution in [3.63, 3.8) is 0 Å². The number of anilines is 1. The van der Waals surface area contributed by atoms with Crippen LogP contribution in [0.15, 0.2) is 29.6 Å². The average Bonchev–Trinajstić information content (AvgIpc) is 2.97. The summed E-state index contributed by atoms with van der Waals surface area (Å²) in [6.07, 6.45) is 0.914. The van der Waals surface area contributed by atoms with Gasteiger partial charge in [-0.15, -0.1) is 11.3 Å². The molecule has 0 saturated heterocycles. The summed E-state index contributed by atoms with van der Waals surface area (Å²) in [5, 5.41) is 11.8. The predicted octanol–water partition coefficient (Wildman–Crippen LogP) is 3.89. The molecule has 1 aromatic heterocycles. The minimum absolute atomic E-state index is 0.276. The van der Waals surface area contributed by atoms with Crippen LogP contribution in [0.2, 0.25) is 0 Å². The normalized spacial score (nSPS) is 12.1. The molecule has 0 radical (unpaired) electrons. The number of aromatic nitrogens is 1. The Morgan fingerprint density at radius 3 is 2.68 bits per heavy atom. The highest BCUT2D eigenvalue weighted by molar-refractivity contribution is 7.14. The topological polar surface area (TPSA) is 53.4 Å². The lowest BCUT2D eigenvalue weighted by Crippen LogP contribution is -2.32. The van der Waals surface area contributed by atoms with Crippen molar-refractivity contribution in [1.29, 1.82) is 0 Å². The number of carbonyl (C=O) groups is 1. The lowest BCUT2D eigenvalue weighted by Gasteiger charge is -2.23. The number of rotatable bonds is 7. The number of hydrogen-bond donors (Lipinski definition) is 1. The van der Waals surface area contributed by atoms with Crippen molar-refractivity contribution in [2.24, 2.45) is 5.92 Å². The molecule has 0 aliphatic rings. The monoisotopic (exact) mass is 322 g/mol. The van der Waals surface area contributed by atoms with Gasteiger partial charge in [0, 0.05) is 24.0 Å². The highest BCUT2D eigenvalue weighted by atomic mass is 32.1. The molecule has 0 fully saturated rings. The maximum Gasteiger partial charge on any atom is 0.308 e. The zero-order valence-corrected chi connectivity index (χ0v) is 13.4. The minimum atomic E-state index is -0.809. The summed E-state index contributed by atoms with van der Waals surface area (Å²) in [6, 6.07) is 6.20. The smallest absolute Gasteiger partial charge is 0.308 e. The van der Waals surface area contributed by atoms with E-state index in [0.717, 1.165) is 29.4 Å². The molecule has 0 aliphatic carbocycles. The molecule has 6 heteroatoms. The van der Waals surface area contributed by atoms with Crippen molar-refractivity contribution in [2.45, 2.75) is 20.3 Å². The third-order valence-corrected chi connectivity index (χ3v) is 4.21. The number of hydrogen-bond acceptors (Lipinski definition) is 4. The van der Waals surface area contributed by atoms with Gasteiger partial charge in [0.15, 0.2) is 5.13 Å². The Hall–Kier alpha value is -1.95. The lowest BCUT2D eigenvalue weighted by molar-refractivity contribution is -0.140. The molecule has 0 bridgehead atoms. The van der Waals surface area contributed by atoms with Crippen molar-refractivity contribution in [3.8, 4) is 11.3 Å². The van der Waals surface area contributed by atoms with Crippen LogP contribution in [-0.4, -0.2) is 29.1 Å². The molecule has 0 amide bonds. The molecular formula is C16H19FN2O2S. The fourth-order valence-electron chi connectivity index (χ4n) is 2.11. The number of carboxylic acid groups (broad SMARTS) is 1. The Balaban J connectivity index is 2.19. The van der Waals surface area contributed by atoms with Crippen LogP contribution in [0, 0.1) is 11.7 Å². The average molecular weight is 322 g/mol.